The van der Waals surface area contributed by atoms with Gasteiger partial charge in [-0.15, -0.1) is 0 Å². The molecule has 4 aliphatic carbocycles. The molecule has 4 fully saturated rings. The van der Waals surface area contributed by atoms with Gasteiger partial charge in [-0.1, -0.05) is 36.4 Å². The number of hydrogen-bond donors (Lipinski definition) is 1. The molecule has 1 N–H and O–H groups in total. The normalized spacial score (nSPS) is 29.0. The van der Waals surface area contributed by atoms with Gasteiger partial charge in [0, 0.05) is 12.2 Å². The largest absolute Gasteiger partial charge is 0.462 e. The van der Waals surface area contributed by atoms with Crippen LogP contribution in [-0.4, -0.2) is 12.6 Å². The highest BCUT2D eigenvalue weighted by atomic mass is 16.5. The van der Waals surface area contributed by atoms with Crippen LogP contribution in [0.1, 0.15) is 60.5 Å². The minimum absolute atomic E-state index is 0.235. The number of esters is 1. The van der Waals surface area contributed by atoms with Gasteiger partial charge < -0.3 is 10.1 Å². The van der Waals surface area contributed by atoms with Gasteiger partial charge in [-0.3, -0.25) is 0 Å². The van der Waals surface area contributed by atoms with E-state index in [2.05, 4.69) is 35.6 Å². The van der Waals surface area contributed by atoms with E-state index in [1.54, 1.807) is 0 Å². The lowest BCUT2D eigenvalue weighted by molar-refractivity contribution is -0.0359. The van der Waals surface area contributed by atoms with Crippen molar-refractivity contribution in [1.29, 1.82) is 0 Å². The summed E-state index contributed by atoms with van der Waals surface area (Å²) in [4.78, 5) is 12.3. The van der Waals surface area contributed by atoms with Crippen LogP contribution in [0.3, 0.4) is 0 Å². The molecule has 30 heavy (non-hydrogen) atoms. The Morgan fingerprint density at radius 3 is 2.33 bits per heavy atom. The maximum atomic E-state index is 12.3. The van der Waals surface area contributed by atoms with Gasteiger partial charge in [-0.2, -0.15) is 0 Å². The Morgan fingerprint density at radius 1 is 0.967 bits per heavy atom. The Morgan fingerprint density at radius 2 is 1.67 bits per heavy atom. The molecule has 0 atom stereocenters. The van der Waals surface area contributed by atoms with Gasteiger partial charge >= 0.3 is 5.97 Å². The zero-order valence-electron chi connectivity index (χ0n) is 18.0. The lowest BCUT2D eigenvalue weighted by Gasteiger charge is -2.54. The second-order valence-electron chi connectivity index (χ2n) is 9.73. The average molecular weight is 404 g/mol. The third kappa shape index (κ3) is 3.99. The standard InChI is InChI=1S/C27H33NO2/c1-2-30-27(29)22-9-8-21(26(16-22)28-17-18-6-4-3-5-7-18)15-25-23-11-19-10-20(13-23)14-24(25)12-19/h3-9,16,19-20,23-25,28H,2,10-15,17H2,1H3. The predicted molar refractivity (Wildman–Crippen MR) is 120 cm³/mol. The molecule has 4 saturated carbocycles. The summed E-state index contributed by atoms with van der Waals surface area (Å²) in [7, 11) is 0. The zero-order chi connectivity index (χ0) is 20.5. The molecule has 0 amide bonds. The van der Waals surface area contributed by atoms with E-state index in [0.29, 0.717) is 12.2 Å². The molecule has 6 rings (SSSR count). The number of rotatable bonds is 7. The van der Waals surface area contributed by atoms with Gasteiger partial charge in [0.2, 0.25) is 0 Å². The van der Waals surface area contributed by atoms with E-state index >= 15 is 0 Å². The van der Waals surface area contributed by atoms with Gasteiger partial charge in [0.05, 0.1) is 12.2 Å². The number of nitrogens with one attached hydrogen (secondary N) is 1. The fraction of sp³-hybridized carbons (Fsp3) is 0.519. The Balaban J connectivity index is 1.38. The van der Waals surface area contributed by atoms with Crippen LogP contribution in [0, 0.1) is 29.6 Å². The van der Waals surface area contributed by atoms with Gasteiger partial charge in [0.25, 0.3) is 0 Å². The van der Waals surface area contributed by atoms with Crippen molar-refractivity contribution >= 4 is 11.7 Å². The molecule has 0 aliphatic heterocycles. The van der Waals surface area contributed by atoms with E-state index < -0.39 is 0 Å². The van der Waals surface area contributed by atoms with Crippen molar-refractivity contribution in [2.75, 3.05) is 11.9 Å². The summed E-state index contributed by atoms with van der Waals surface area (Å²) in [6, 6.07) is 16.6. The monoisotopic (exact) mass is 403 g/mol. The molecular weight excluding hydrogens is 370 g/mol. The second kappa shape index (κ2) is 8.45. The Labute approximate surface area is 180 Å². The van der Waals surface area contributed by atoms with Crippen molar-refractivity contribution in [3.05, 3.63) is 65.2 Å². The molecule has 0 heterocycles. The first-order valence-electron chi connectivity index (χ1n) is 11.8. The summed E-state index contributed by atoms with van der Waals surface area (Å²) in [5.41, 5.74) is 4.34. The fourth-order valence-corrected chi connectivity index (χ4v) is 6.68. The first kappa shape index (κ1) is 19.7. The van der Waals surface area contributed by atoms with Gasteiger partial charge in [0.15, 0.2) is 0 Å². The predicted octanol–water partition coefficient (Wildman–Crippen LogP) is 6.09. The highest BCUT2D eigenvalue weighted by Crippen LogP contribution is 2.57. The molecule has 4 aliphatic rings. The Bertz CT molecular complexity index is 863. The number of carbonyl (C=O) groups excluding carboxylic acids is 1. The number of anilines is 1. The van der Waals surface area contributed by atoms with Crippen molar-refractivity contribution in [2.45, 2.75) is 52.0 Å². The maximum Gasteiger partial charge on any atom is 0.338 e. The molecule has 3 heteroatoms. The van der Waals surface area contributed by atoms with E-state index in [4.69, 9.17) is 4.74 Å². The summed E-state index contributed by atoms with van der Waals surface area (Å²) < 4.78 is 5.25. The van der Waals surface area contributed by atoms with E-state index in [1.165, 1.54) is 43.2 Å². The molecular formula is C27H33NO2. The molecule has 0 saturated heterocycles. The van der Waals surface area contributed by atoms with Gasteiger partial charge in [0.1, 0.15) is 0 Å². The highest BCUT2D eigenvalue weighted by Gasteiger charge is 2.47. The highest BCUT2D eigenvalue weighted by molar-refractivity contribution is 5.90. The lowest BCUT2D eigenvalue weighted by atomic mass is 9.51. The number of hydrogen-bond acceptors (Lipinski definition) is 3. The number of carbonyl (C=O) groups is 1. The molecule has 2 aromatic carbocycles. The van der Waals surface area contributed by atoms with Crippen molar-refractivity contribution < 1.29 is 9.53 Å². The lowest BCUT2D eigenvalue weighted by Crippen LogP contribution is -2.45. The minimum atomic E-state index is -0.235. The average Bonchev–Trinajstić information content (AvgIpc) is 2.75. The van der Waals surface area contributed by atoms with Crippen LogP contribution in [0.4, 0.5) is 5.69 Å². The zero-order valence-corrected chi connectivity index (χ0v) is 18.0. The Kier molecular flexibility index (Phi) is 5.54. The molecule has 3 nitrogen and oxygen atoms in total. The van der Waals surface area contributed by atoms with Crippen LogP contribution in [0.25, 0.3) is 0 Å². The third-order valence-electron chi connectivity index (χ3n) is 7.82. The SMILES string of the molecule is CCOC(=O)c1ccc(CC2C3CC4CC(C3)CC2C4)c(NCc2ccccc2)c1. The second-order valence-corrected chi connectivity index (χ2v) is 9.73. The van der Waals surface area contributed by atoms with E-state index in [1.807, 2.05) is 25.1 Å². The van der Waals surface area contributed by atoms with E-state index in [0.717, 1.165) is 48.2 Å². The molecule has 0 radical (unpaired) electrons. The molecule has 0 unspecified atom stereocenters. The van der Waals surface area contributed by atoms with Crippen LogP contribution >= 0.6 is 0 Å². The summed E-state index contributed by atoms with van der Waals surface area (Å²) in [6.07, 6.45) is 8.43. The summed E-state index contributed by atoms with van der Waals surface area (Å²) >= 11 is 0. The molecule has 4 bridgehead atoms. The Hall–Kier alpha value is -2.29. The van der Waals surface area contributed by atoms with Crippen molar-refractivity contribution in [3.63, 3.8) is 0 Å². The number of ether oxygens (including phenoxy) is 1. The molecule has 0 spiro atoms. The van der Waals surface area contributed by atoms with Crippen LogP contribution in [0.15, 0.2) is 48.5 Å². The van der Waals surface area contributed by atoms with Crippen LogP contribution < -0.4 is 5.32 Å². The topological polar surface area (TPSA) is 38.3 Å². The summed E-state index contributed by atoms with van der Waals surface area (Å²) in [6.45, 7) is 3.02. The minimum Gasteiger partial charge on any atom is -0.462 e. The van der Waals surface area contributed by atoms with Crippen molar-refractivity contribution in [3.8, 4) is 0 Å². The molecule has 158 valence electrons. The first-order chi connectivity index (χ1) is 14.7. The van der Waals surface area contributed by atoms with Crippen LogP contribution in [0.2, 0.25) is 0 Å². The third-order valence-corrected chi connectivity index (χ3v) is 7.82. The summed E-state index contributed by atoms with van der Waals surface area (Å²) in [5, 5.41) is 3.63. The maximum absolute atomic E-state index is 12.3. The van der Waals surface area contributed by atoms with Crippen molar-refractivity contribution in [1.82, 2.24) is 0 Å². The molecule has 0 aromatic heterocycles. The number of benzene rings is 2. The fourth-order valence-electron chi connectivity index (χ4n) is 6.68. The quantitative estimate of drug-likeness (QED) is 0.569. The molecule has 2 aromatic rings. The van der Waals surface area contributed by atoms with Gasteiger partial charge in [-0.25, -0.2) is 4.79 Å². The van der Waals surface area contributed by atoms with Gasteiger partial charge in [-0.05, 0) is 98.3 Å². The van der Waals surface area contributed by atoms with Crippen LogP contribution in [0.5, 0.6) is 0 Å². The van der Waals surface area contributed by atoms with E-state index in [9.17, 15) is 4.79 Å². The first-order valence-corrected chi connectivity index (χ1v) is 11.8. The van der Waals surface area contributed by atoms with Crippen molar-refractivity contribution in [2.24, 2.45) is 29.6 Å². The smallest absolute Gasteiger partial charge is 0.338 e. The van der Waals surface area contributed by atoms with Crippen LogP contribution in [-0.2, 0) is 17.7 Å². The van der Waals surface area contributed by atoms with E-state index in [-0.39, 0.29) is 5.97 Å². The summed E-state index contributed by atoms with van der Waals surface area (Å²) in [5.74, 6) is 4.40.